The Balaban J connectivity index is 1.60. The number of aliphatic carboxylic acids is 1. The Kier molecular flexibility index (Phi) is 4.97. The number of carboxylic acids is 1. The van der Waals surface area contributed by atoms with E-state index in [1.54, 1.807) is 34.2 Å². The van der Waals surface area contributed by atoms with E-state index in [9.17, 15) is 14.7 Å². The molecule has 0 aliphatic carbocycles. The maximum absolute atomic E-state index is 12.4. The van der Waals surface area contributed by atoms with Crippen molar-refractivity contribution in [2.45, 2.75) is 19.9 Å². The first kappa shape index (κ1) is 16.9. The van der Waals surface area contributed by atoms with Gasteiger partial charge in [-0.2, -0.15) is 5.10 Å². The molecule has 0 spiro atoms. The molecule has 2 atom stereocenters. The van der Waals surface area contributed by atoms with E-state index in [-0.39, 0.29) is 18.5 Å². The van der Waals surface area contributed by atoms with Crippen LogP contribution in [0.5, 0.6) is 0 Å². The highest BCUT2D eigenvalue weighted by molar-refractivity contribution is 5.88. The number of nitrogens with zero attached hydrogens (tertiary/aromatic N) is 4. The lowest BCUT2D eigenvalue weighted by Crippen LogP contribution is -2.47. The SMILES string of the molecule is CC1CC(C(=O)O)CN(C(=O)Nc2ccn(Cc3ccncc3)n2)C1. The van der Waals surface area contributed by atoms with Gasteiger partial charge < -0.3 is 10.0 Å². The molecule has 2 amide bonds. The van der Waals surface area contributed by atoms with E-state index in [0.717, 1.165) is 5.56 Å². The van der Waals surface area contributed by atoms with Crippen molar-refractivity contribution in [3.63, 3.8) is 0 Å². The Morgan fingerprint density at radius 1 is 1.28 bits per heavy atom. The molecule has 3 rings (SSSR count). The van der Waals surface area contributed by atoms with Crippen LogP contribution in [0.1, 0.15) is 18.9 Å². The second-order valence-corrected chi connectivity index (χ2v) is 6.47. The molecule has 0 saturated carbocycles. The van der Waals surface area contributed by atoms with Crippen LogP contribution in [-0.4, -0.2) is 49.9 Å². The largest absolute Gasteiger partial charge is 0.481 e. The van der Waals surface area contributed by atoms with Gasteiger partial charge in [0.25, 0.3) is 0 Å². The first-order valence-electron chi connectivity index (χ1n) is 8.22. The highest BCUT2D eigenvalue weighted by atomic mass is 16.4. The number of anilines is 1. The molecule has 132 valence electrons. The second-order valence-electron chi connectivity index (χ2n) is 6.47. The summed E-state index contributed by atoms with van der Waals surface area (Å²) in [6.07, 6.45) is 5.82. The van der Waals surface area contributed by atoms with Crippen LogP contribution < -0.4 is 5.32 Å². The number of piperidine rings is 1. The molecule has 8 heteroatoms. The molecule has 2 aromatic rings. The van der Waals surface area contributed by atoms with Gasteiger partial charge in [0.05, 0.1) is 12.5 Å². The number of carbonyl (C=O) groups excluding carboxylic acids is 1. The summed E-state index contributed by atoms with van der Waals surface area (Å²) in [5, 5.41) is 16.3. The minimum Gasteiger partial charge on any atom is -0.481 e. The van der Waals surface area contributed by atoms with Crippen LogP contribution in [0.25, 0.3) is 0 Å². The monoisotopic (exact) mass is 343 g/mol. The molecule has 2 unspecified atom stereocenters. The molecular formula is C17H21N5O3. The summed E-state index contributed by atoms with van der Waals surface area (Å²) in [7, 11) is 0. The fourth-order valence-electron chi connectivity index (χ4n) is 3.08. The number of rotatable bonds is 4. The van der Waals surface area contributed by atoms with Crippen molar-refractivity contribution in [2.75, 3.05) is 18.4 Å². The van der Waals surface area contributed by atoms with Crippen molar-refractivity contribution >= 4 is 17.8 Å². The van der Waals surface area contributed by atoms with Gasteiger partial charge in [-0.1, -0.05) is 6.92 Å². The van der Waals surface area contributed by atoms with Gasteiger partial charge in [-0.15, -0.1) is 0 Å². The van der Waals surface area contributed by atoms with Crippen molar-refractivity contribution in [1.29, 1.82) is 0 Å². The minimum atomic E-state index is -0.856. The Bertz CT molecular complexity index is 746. The molecule has 1 saturated heterocycles. The van der Waals surface area contributed by atoms with E-state index in [2.05, 4.69) is 15.4 Å². The third-order valence-corrected chi connectivity index (χ3v) is 4.27. The molecule has 0 aromatic carbocycles. The maximum Gasteiger partial charge on any atom is 0.323 e. The fraction of sp³-hybridized carbons (Fsp3) is 0.412. The topological polar surface area (TPSA) is 100 Å². The smallest absolute Gasteiger partial charge is 0.323 e. The van der Waals surface area contributed by atoms with Crippen molar-refractivity contribution in [2.24, 2.45) is 11.8 Å². The molecule has 25 heavy (non-hydrogen) atoms. The predicted octanol–water partition coefficient (Wildman–Crippen LogP) is 1.90. The summed E-state index contributed by atoms with van der Waals surface area (Å²) >= 11 is 0. The van der Waals surface area contributed by atoms with Crippen molar-refractivity contribution in [3.05, 3.63) is 42.4 Å². The number of nitrogens with one attached hydrogen (secondary N) is 1. The minimum absolute atomic E-state index is 0.157. The number of likely N-dealkylation sites (tertiary alicyclic amines) is 1. The number of hydrogen-bond acceptors (Lipinski definition) is 4. The summed E-state index contributed by atoms with van der Waals surface area (Å²) in [5.74, 6) is -0.765. The highest BCUT2D eigenvalue weighted by Gasteiger charge is 2.32. The van der Waals surface area contributed by atoms with Crippen LogP contribution in [0.15, 0.2) is 36.8 Å². The summed E-state index contributed by atoms with van der Waals surface area (Å²) in [6.45, 7) is 3.32. The average molecular weight is 343 g/mol. The number of pyridine rings is 1. The standard InChI is InChI=1S/C17H21N5O3/c1-12-8-14(16(23)24)11-21(9-12)17(25)19-15-4-7-22(20-15)10-13-2-5-18-6-3-13/h2-7,12,14H,8-11H2,1H3,(H,23,24)(H,19,20,25). The Morgan fingerprint density at radius 2 is 2.04 bits per heavy atom. The molecule has 2 aromatic heterocycles. The molecule has 0 radical (unpaired) electrons. The zero-order chi connectivity index (χ0) is 17.8. The normalized spacial score (nSPS) is 20.3. The Morgan fingerprint density at radius 3 is 2.76 bits per heavy atom. The maximum atomic E-state index is 12.4. The zero-order valence-corrected chi connectivity index (χ0v) is 14.0. The number of aromatic nitrogens is 3. The summed E-state index contributed by atoms with van der Waals surface area (Å²) in [6, 6.07) is 5.22. The number of carboxylic acid groups (broad SMARTS) is 1. The summed E-state index contributed by atoms with van der Waals surface area (Å²) in [5.41, 5.74) is 1.06. The lowest BCUT2D eigenvalue weighted by Gasteiger charge is -2.34. The Hall–Kier alpha value is -2.90. The summed E-state index contributed by atoms with van der Waals surface area (Å²) in [4.78, 5) is 29.2. The highest BCUT2D eigenvalue weighted by Crippen LogP contribution is 2.22. The third kappa shape index (κ3) is 4.34. The number of hydrogen-bond donors (Lipinski definition) is 2. The molecule has 0 bridgehead atoms. The van der Waals surface area contributed by atoms with Crippen LogP contribution in [0.2, 0.25) is 0 Å². The molecule has 1 aliphatic heterocycles. The lowest BCUT2D eigenvalue weighted by atomic mass is 9.91. The van der Waals surface area contributed by atoms with Crippen molar-refractivity contribution in [1.82, 2.24) is 19.7 Å². The van der Waals surface area contributed by atoms with Crippen LogP contribution >= 0.6 is 0 Å². The lowest BCUT2D eigenvalue weighted by molar-refractivity contribution is -0.143. The van der Waals surface area contributed by atoms with E-state index < -0.39 is 11.9 Å². The van der Waals surface area contributed by atoms with Gasteiger partial charge in [-0.05, 0) is 30.0 Å². The van der Waals surface area contributed by atoms with Crippen LogP contribution in [-0.2, 0) is 11.3 Å². The molecule has 1 aliphatic rings. The molecule has 8 nitrogen and oxygen atoms in total. The van der Waals surface area contributed by atoms with Gasteiger partial charge in [0, 0.05) is 37.7 Å². The van der Waals surface area contributed by atoms with Gasteiger partial charge in [0.15, 0.2) is 5.82 Å². The first-order valence-corrected chi connectivity index (χ1v) is 8.22. The van der Waals surface area contributed by atoms with Gasteiger partial charge in [-0.25, -0.2) is 4.79 Å². The van der Waals surface area contributed by atoms with Crippen molar-refractivity contribution < 1.29 is 14.7 Å². The number of amides is 2. The summed E-state index contributed by atoms with van der Waals surface area (Å²) < 4.78 is 1.73. The van der Waals surface area contributed by atoms with E-state index in [1.165, 1.54) is 0 Å². The molecular weight excluding hydrogens is 322 g/mol. The molecule has 1 fully saturated rings. The second kappa shape index (κ2) is 7.33. The van der Waals surface area contributed by atoms with Crippen LogP contribution in [0.3, 0.4) is 0 Å². The van der Waals surface area contributed by atoms with E-state index in [1.807, 2.05) is 19.1 Å². The fourth-order valence-corrected chi connectivity index (χ4v) is 3.08. The van der Waals surface area contributed by atoms with Crippen LogP contribution in [0, 0.1) is 11.8 Å². The predicted molar refractivity (Wildman–Crippen MR) is 91.1 cm³/mol. The van der Waals surface area contributed by atoms with Crippen molar-refractivity contribution in [3.8, 4) is 0 Å². The number of urea groups is 1. The average Bonchev–Trinajstić information content (AvgIpc) is 3.02. The van der Waals surface area contributed by atoms with Crippen LogP contribution in [0.4, 0.5) is 10.6 Å². The third-order valence-electron chi connectivity index (χ3n) is 4.27. The first-order chi connectivity index (χ1) is 12.0. The van der Waals surface area contributed by atoms with Gasteiger partial charge in [-0.3, -0.25) is 19.8 Å². The molecule has 3 heterocycles. The van der Waals surface area contributed by atoms with E-state index in [4.69, 9.17) is 0 Å². The molecule has 2 N–H and O–H groups in total. The van der Waals surface area contributed by atoms with Gasteiger partial charge in [0.1, 0.15) is 0 Å². The van der Waals surface area contributed by atoms with E-state index in [0.29, 0.717) is 25.3 Å². The Labute approximate surface area is 145 Å². The number of carbonyl (C=O) groups is 2. The van der Waals surface area contributed by atoms with Gasteiger partial charge >= 0.3 is 12.0 Å². The van der Waals surface area contributed by atoms with E-state index >= 15 is 0 Å². The van der Waals surface area contributed by atoms with Gasteiger partial charge in [0.2, 0.25) is 0 Å². The zero-order valence-electron chi connectivity index (χ0n) is 14.0. The quantitative estimate of drug-likeness (QED) is 0.883.